The molecule has 0 radical (unpaired) electrons. The van der Waals surface area contributed by atoms with Crippen LogP contribution >= 0.6 is 11.6 Å². The molecule has 1 heterocycles. The normalized spacial score (nSPS) is 22.6. The second kappa shape index (κ2) is 6.33. The molecule has 0 aliphatic carbocycles. The number of amides is 1. The van der Waals surface area contributed by atoms with E-state index < -0.39 is 0 Å². The van der Waals surface area contributed by atoms with Crippen LogP contribution in [0.4, 0.5) is 0 Å². The lowest BCUT2D eigenvalue weighted by Gasteiger charge is -2.37. The maximum atomic E-state index is 12.6. The Labute approximate surface area is 123 Å². The number of ether oxygens (including phenoxy) is 2. The number of methoxy groups -OCH3 is 1. The molecule has 1 aliphatic heterocycles. The summed E-state index contributed by atoms with van der Waals surface area (Å²) in [6, 6.07) is 4.80. The Morgan fingerprint density at radius 1 is 1.60 bits per heavy atom. The third-order valence-corrected chi connectivity index (χ3v) is 3.73. The van der Waals surface area contributed by atoms with E-state index in [4.69, 9.17) is 21.1 Å². The van der Waals surface area contributed by atoms with Gasteiger partial charge in [-0.05, 0) is 19.1 Å². The van der Waals surface area contributed by atoms with Gasteiger partial charge in [0, 0.05) is 6.54 Å². The number of carbonyl (C=O) groups excluding carboxylic acids is 1. The van der Waals surface area contributed by atoms with E-state index in [0.29, 0.717) is 19.0 Å². The minimum atomic E-state index is -0.243. The molecule has 0 aromatic heterocycles. The number of rotatable bonds is 3. The fourth-order valence-electron chi connectivity index (χ4n) is 2.21. The highest BCUT2D eigenvalue weighted by Crippen LogP contribution is 2.31. The van der Waals surface area contributed by atoms with Crippen LogP contribution in [0.15, 0.2) is 18.2 Å². The van der Waals surface area contributed by atoms with Crippen molar-refractivity contribution in [3.63, 3.8) is 0 Å². The van der Waals surface area contributed by atoms with Crippen molar-refractivity contribution in [2.75, 3.05) is 26.1 Å². The molecule has 110 valence electrons. The molecule has 1 N–H and O–H groups in total. The lowest BCUT2D eigenvalue weighted by Crippen LogP contribution is -2.51. The lowest BCUT2D eigenvalue weighted by molar-refractivity contribution is -0.0372. The van der Waals surface area contributed by atoms with Gasteiger partial charge in [0.1, 0.15) is 0 Å². The molecule has 1 amide bonds. The lowest BCUT2D eigenvalue weighted by atomic mass is 10.1. The maximum Gasteiger partial charge on any atom is 0.258 e. The van der Waals surface area contributed by atoms with Crippen LogP contribution in [0.3, 0.4) is 0 Å². The Hall–Kier alpha value is -1.46. The van der Waals surface area contributed by atoms with E-state index in [-0.39, 0.29) is 35.1 Å². The average Bonchev–Trinajstić information content (AvgIpc) is 2.47. The second-order valence-corrected chi connectivity index (χ2v) is 5.08. The van der Waals surface area contributed by atoms with Gasteiger partial charge in [0.2, 0.25) is 0 Å². The van der Waals surface area contributed by atoms with Gasteiger partial charge in [-0.3, -0.25) is 4.79 Å². The molecule has 1 fully saturated rings. The third kappa shape index (κ3) is 2.83. The summed E-state index contributed by atoms with van der Waals surface area (Å²) < 4.78 is 10.5. The third-order valence-electron chi connectivity index (χ3n) is 3.39. The van der Waals surface area contributed by atoms with Gasteiger partial charge < -0.3 is 19.5 Å². The Balaban J connectivity index is 2.26. The van der Waals surface area contributed by atoms with Crippen molar-refractivity contribution < 1.29 is 19.4 Å². The van der Waals surface area contributed by atoms with E-state index >= 15 is 0 Å². The Kier molecular flexibility index (Phi) is 4.73. The zero-order valence-corrected chi connectivity index (χ0v) is 12.3. The van der Waals surface area contributed by atoms with E-state index in [1.165, 1.54) is 7.11 Å². The number of alkyl halides is 1. The Morgan fingerprint density at radius 2 is 2.35 bits per heavy atom. The molecule has 1 aromatic carbocycles. The molecular formula is C14H18ClNO4. The highest BCUT2D eigenvalue weighted by atomic mass is 35.5. The molecular weight excluding hydrogens is 282 g/mol. The van der Waals surface area contributed by atoms with Crippen LogP contribution in [-0.2, 0) is 4.74 Å². The molecule has 20 heavy (non-hydrogen) atoms. The van der Waals surface area contributed by atoms with Crippen molar-refractivity contribution in [3.05, 3.63) is 23.8 Å². The number of carbonyl (C=O) groups is 1. The van der Waals surface area contributed by atoms with Gasteiger partial charge in [0.25, 0.3) is 5.91 Å². The number of aromatic hydroxyl groups is 1. The minimum absolute atomic E-state index is 0.0624. The molecule has 5 nitrogen and oxygen atoms in total. The molecule has 0 saturated carbocycles. The molecule has 0 spiro atoms. The van der Waals surface area contributed by atoms with Crippen molar-refractivity contribution in [1.82, 2.24) is 4.90 Å². The summed E-state index contributed by atoms with van der Waals surface area (Å²) in [5.74, 6) is 0.236. The van der Waals surface area contributed by atoms with Crippen LogP contribution in [0.25, 0.3) is 0 Å². The van der Waals surface area contributed by atoms with Crippen molar-refractivity contribution in [2.24, 2.45) is 0 Å². The number of nitrogens with zero attached hydrogens (tertiary/aromatic N) is 1. The topological polar surface area (TPSA) is 59.0 Å². The standard InChI is InChI=1S/C14H18ClNO4/c1-9-8-20-10(6-15)7-16(9)14(18)11-4-3-5-12(19-2)13(11)17/h3-5,9-10,17H,6-8H2,1-2H3. The predicted octanol–water partition coefficient (Wildman–Crippen LogP) is 1.87. The number of benzene rings is 1. The molecule has 2 unspecified atom stereocenters. The second-order valence-electron chi connectivity index (χ2n) is 4.77. The van der Waals surface area contributed by atoms with Crippen LogP contribution in [0.5, 0.6) is 11.5 Å². The number of morpholine rings is 1. The average molecular weight is 300 g/mol. The summed E-state index contributed by atoms with van der Waals surface area (Å²) in [4.78, 5) is 14.2. The van der Waals surface area contributed by atoms with E-state index in [9.17, 15) is 9.90 Å². The minimum Gasteiger partial charge on any atom is -0.504 e. The van der Waals surface area contributed by atoms with Crippen molar-refractivity contribution in [2.45, 2.75) is 19.1 Å². The largest absolute Gasteiger partial charge is 0.504 e. The molecule has 1 aromatic rings. The van der Waals surface area contributed by atoms with Crippen molar-refractivity contribution >= 4 is 17.5 Å². The first-order chi connectivity index (χ1) is 9.58. The first-order valence-electron chi connectivity index (χ1n) is 6.43. The molecule has 2 rings (SSSR count). The summed E-state index contributed by atoms with van der Waals surface area (Å²) >= 11 is 5.79. The van der Waals surface area contributed by atoms with Gasteiger partial charge in [0.15, 0.2) is 11.5 Å². The molecule has 6 heteroatoms. The zero-order valence-electron chi connectivity index (χ0n) is 11.5. The quantitative estimate of drug-likeness (QED) is 0.866. The van der Waals surface area contributed by atoms with Gasteiger partial charge in [-0.1, -0.05) is 6.07 Å². The van der Waals surface area contributed by atoms with E-state index in [1.807, 2.05) is 6.92 Å². The van der Waals surface area contributed by atoms with Crippen LogP contribution in [0, 0.1) is 0 Å². The Bertz CT molecular complexity index is 494. The number of halogens is 1. The summed E-state index contributed by atoms with van der Waals surface area (Å²) in [6.45, 7) is 2.76. The predicted molar refractivity (Wildman–Crippen MR) is 75.6 cm³/mol. The fraction of sp³-hybridized carbons (Fsp3) is 0.500. The SMILES string of the molecule is COc1cccc(C(=O)N2CC(CCl)OCC2C)c1O. The van der Waals surface area contributed by atoms with Gasteiger partial charge in [0.05, 0.1) is 37.3 Å². The summed E-state index contributed by atoms with van der Waals surface area (Å²) in [7, 11) is 1.45. The van der Waals surface area contributed by atoms with E-state index in [0.717, 1.165) is 0 Å². The van der Waals surface area contributed by atoms with E-state index in [1.54, 1.807) is 23.1 Å². The van der Waals surface area contributed by atoms with Crippen LogP contribution in [-0.4, -0.2) is 54.2 Å². The van der Waals surface area contributed by atoms with Crippen LogP contribution < -0.4 is 4.74 Å². The summed E-state index contributed by atoms with van der Waals surface area (Å²) in [5.41, 5.74) is 0.228. The number of phenolic OH excluding ortho intramolecular Hbond substituents is 1. The Morgan fingerprint density at radius 3 is 3.00 bits per heavy atom. The monoisotopic (exact) mass is 299 g/mol. The van der Waals surface area contributed by atoms with Gasteiger partial charge in [-0.15, -0.1) is 11.6 Å². The first-order valence-corrected chi connectivity index (χ1v) is 6.96. The molecule has 1 saturated heterocycles. The molecule has 0 bridgehead atoms. The van der Waals surface area contributed by atoms with Gasteiger partial charge in [-0.2, -0.15) is 0 Å². The van der Waals surface area contributed by atoms with Gasteiger partial charge in [-0.25, -0.2) is 0 Å². The van der Waals surface area contributed by atoms with Gasteiger partial charge >= 0.3 is 0 Å². The summed E-state index contributed by atoms with van der Waals surface area (Å²) in [6.07, 6.45) is -0.176. The highest BCUT2D eigenvalue weighted by molar-refractivity contribution is 6.18. The number of para-hydroxylation sites is 1. The van der Waals surface area contributed by atoms with Crippen LogP contribution in [0.1, 0.15) is 17.3 Å². The van der Waals surface area contributed by atoms with Crippen molar-refractivity contribution in [1.29, 1.82) is 0 Å². The number of hydrogen-bond acceptors (Lipinski definition) is 4. The molecule has 2 atom stereocenters. The molecule has 1 aliphatic rings. The smallest absolute Gasteiger partial charge is 0.258 e. The maximum absolute atomic E-state index is 12.6. The summed E-state index contributed by atoms with van der Waals surface area (Å²) in [5, 5.41) is 10.1. The first kappa shape index (κ1) is 14.9. The van der Waals surface area contributed by atoms with Crippen molar-refractivity contribution in [3.8, 4) is 11.5 Å². The zero-order chi connectivity index (χ0) is 14.7. The van der Waals surface area contributed by atoms with E-state index in [2.05, 4.69) is 0 Å². The number of phenols is 1. The highest BCUT2D eigenvalue weighted by Gasteiger charge is 2.31. The number of hydrogen-bond donors (Lipinski definition) is 1. The van der Waals surface area contributed by atoms with Crippen LogP contribution in [0.2, 0.25) is 0 Å². The fourth-order valence-corrected chi connectivity index (χ4v) is 2.39.